The number of carboxylic acid groups (broad SMARTS) is 1. The van der Waals surface area contributed by atoms with Gasteiger partial charge in [0.1, 0.15) is 0 Å². The Morgan fingerprint density at radius 1 is 1.46 bits per heavy atom. The van der Waals surface area contributed by atoms with Gasteiger partial charge in [0.25, 0.3) is 0 Å². The zero-order valence-corrected chi connectivity index (χ0v) is 14.2. The van der Waals surface area contributed by atoms with Crippen molar-refractivity contribution in [2.24, 2.45) is 23.2 Å². The van der Waals surface area contributed by atoms with Crippen molar-refractivity contribution in [3.63, 3.8) is 0 Å². The maximum absolute atomic E-state index is 10.7. The summed E-state index contributed by atoms with van der Waals surface area (Å²) >= 11 is 0. The van der Waals surface area contributed by atoms with Gasteiger partial charge in [-0.1, -0.05) is 27.7 Å². The van der Waals surface area contributed by atoms with E-state index in [2.05, 4.69) is 13.8 Å². The Morgan fingerprint density at radius 2 is 1.92 bits per heavy atom. The average molecular weight is 255 g/mol. The van der Waals surface area contributed by atoms with E-state index in [9.17, 15) is 9.90 Å². The molecule has 1 rings (SSSR count). The summed E-state index contributed by atoms with van der Waals surface area (Å²) in [5, 5.41) is 10.7. The third-order valence-corrected chi connectivity index (χ3v) is 3.03. The van der Waals surface area contributed by atoms with Gasteiger partial charge in [0.15, 0.2) is 0 Å². The zero-order valence-electron chi connectivity index (χ0n) is 9.26. The van der Waals surface area contributed by atoms with Crippen LogP contribution in [0, 0.1) is 23.2 Å². The summed E-state index contributed by atoms with van der Waals surface area (Å²) in [7, 11) is 0. The van der Waals surface area contributed by atoms with Crippen LogP contribution >= 0.6 is 0 Å². The number of carbonyl (C=O) groups is 1. The van der Waals surface area contributed by atoms with E-state index in [0.717, 1.165) is 6.42 Å². The second-order valence-corrected chi connectivity index (χ2v) is 4.85. The molecule has 1 saturated carbocycles. The molecule has 2 unspecified atom stereocenters. The summed E-state index contributed by atoms with van der Waals surface area (Å²) in [5.41, 5.74) is -0.0247. The SMILES string of the molecule is CC(C)CC1C(C(=O)[O-])C1(C)C.[Rb+]. The molecular formula is C10H17O2Rb. The fraction of sp³-hybridized carbons (Fsp3) is 0.900. The van der Waals surface area contributed by atoms with Crippen LogP contribution < -0.4 is 63.3 Å². The predicted molar refractivity (Wildman–Crippen MR) is 45.2 cm³/mol. The van der Waals surface area contributed by atoms with Crippen LogP contribution in [0.2, 0.25) is 0 Å². The molecule has 0 aromatic heterocycles. The van der Waals surface area contributed by atoms with Crippen LogP contribution in [-0.2, 0) is 4.79 Å². The maximum Gasteiger partial charge on any atom is 1.00 e. The number of carbonyl (C=O) groups excluding carboxylic acids is 1. The van der Waals surface area contributed by atoms with Gasteiger partial charge in [-0.15, -0.1) is 0 Å². The van der Waals surface area contributed by atoms with Crippen molar-refractivity contribution in [3.8, 4) is 0 Å². The number of hydrogen-bond donors (Lipinski definition) is 0. The predicted octanol–water partition coefficient (Wildman–Crippen LogP) is -1.94. The first-order chi connectivity index (χ1) is 5.37. The first-order valence-electron chi connectivity index (χ1n) is 4.58. The minimum absolute atomic E-state index is 0. The van der Waals surface area contributed by atoms with Gasteiger partial charge in [-0.05, 0) is 23.7 Å². The van der Waals surface area contributed by atoms with Crippen molar-refractivity contribution in [2.75, 3.05) is 0 Å². The van der Waals surface area contributed by atoms with Crippen molar-refractivity contribution in [1.29, 1.82) is 0 Å². The molecule has 0 aliphatic heterocycles. The Bertz CT molecular complexity index is 199. The Hall–Kier alpha value is 1.28. The van der Waals surface area contributed by atoms with Crippen molar-refractivity contribution >= 4 is 5.97 Å². The van der Waals surface area contributed by atoms with Gasteiger partial charge >= 0.3 is 58.2 Å². The Kier molecular flexibility index (Phi) is 5.34. The molecule has 0 aromatic carbocycles. The minimum atomic E-state index is -0.870. The van der Waals surface area contributed by atoms with Crippen LogP contribution in [0.3, 0.4) is 0 Å². The van der Waals surface area contributed by atoms with Crippen molar-refractivity contribution in [1.82, 2.24) is 0 Å². The first-order valence-corrected chi connectivity index (χ1v) is 4.58. The second kappa shape index (κ2) is 4.87. The van der Waals surface area contributed by atoms with Crippen LogP contribution in [0.1, 0.15) is 34.1 Å². The molecule has 0 aromatic rings. The van der Waals surface area contributed by atoms with Crippen molar-refractivity contribution < 1.29 is 68.1 Å². The van der Waals surface area contributed by atoms with E-state index in [4.69, 9.17) is 0 Å². The van der Waals surface area contributed by atoms with Gasteiger partial charge in [-0.25, -0.2) is 0 Å². The molecule has 70 valence electrons. The molecule has 2 nitrogen and oxygen atoms in total. The fourth-order valence-electron chi connectivity index (χ4n) is 2.16. The normalized spacial score (nSPS) is 29.6. The first kappa shape index (κ1) is 14.3. The Morgan fingerprint density at radius 3 is 2.15 bits per heavy atom. The molecule has 0 saturated heterocycles. The number of rotatable bonds is 3. The van der Waals surface area contributed by atoms with Crippen LogP contribution in [0.4, 0.5) is 0 Å². The Balaban J connectivity index is 0.00000144. The van der Waals surface area contributed by atoms with E-state index < -0.39 is 5.97 Å². The van der Waals surface area contributed by atoms with Crippen LogP contribution in [0.5, 0.6) is 0 Å². The van der Waals surface area contributed by atoms with Gasteiger partial charge in [-0.3, -0.25) is 0 Å². The molecule has 13 heavy (non-hydrogen) atoms. The molecule has 0 heterocycles. The standard InChI is InChI=1S/C10H18O2.Rb/c1-6(2)5-7-8(9(11)12)10(7,3)4;/h6-8H,5H2,1-4H3,(H,11,12);/q;+1/p-1. The van der Waals surface area contributed by atoms with Crippen molar-refractivity contribution in [3.05, 3.63) is 0 Å². The van der Waals surface area contributed by atoms with Gasteiger partial charge in [0, 0.05) is 11.9 Å². The zero-order chi connectivity index (χ0) is 9.52. The number of carboxylic acids is 1. The Labute approximate surface area is 129 Å². The van der Waals surface area contributed by atoms with Crippen LogP contribution in [-0.4, -0.2) is 5.97 Å². The summed E-state index contributed by atoms with van der Waals surface area (Å²) in [6, 6.07) is 0. The third-order valence-electron chi connectivity index (χ3n) is 3.03. The quantitative estimate of drug-likeness (QED) is 0.588. The number of aliphatic carboxylic acids is 1. The monoisotopic (exact) mass is 254 g/mol. The van der Waals surface area contributed by atoms with Gasteiger partial charge in [-0.2, -0.15) is 0 Å². The topological polar surface area (TPSA) is 40.1 Å². The average Bonchev–Trinajstić information content (AvgIpc) is 2.32. The van der Waals surface area contributed by atoms with E-state index in [1.807, 2.05) is 13.8 Å². The summed E-state index contributed by atoms with van der Waals surface area (Å²) in [6.45, 7) is 8.28. The van der Waals surface area contributed by atoms with Crippen LogP contribution in [0.25, 0.3) is 0 Å². The molecule has 3 heteroatoms. The number of hydrogen-bond acceptors (Lipinski definition) is 2. The van der Waals surface area contributed by atoms with E-state index in [0.29, 0.717) is 11.8 Å². The maximum atomic E-state index is 10.7. The molecule has 0 bridgehead atoms. The largest absolute Gasteiger partial charge is 1.00 e. The van der Waals surface area contributed by atoms with E-state index in [1.54, 1.807) is 0 Å². The van der Waals surface area contributed by atoms with Gasteiger partial charge in [0.2, 0.25) is 0 Å². The summed E-state index contributed by atoms with van der Waals surface area (Å²) in [4.78, 5) is 10.7. The molecule has 0 amide bonds. The molecule has 1 fully saturated rings. The van der Waals surface area contributed by atoms with Crippen LogP contribution in [0.15, 0.2) is 0 Å². The third kappa shape index (κ3) is 3.12. The molecular weight excluding hydrogens is 238 g/mol. The second-order valence-electron chi connectivity index (χ2n) is 4.85. The van der Waals surface area contributed by atoms with E-state index in [-0.39, 0.29) is 69.5 Å². The molecule has 1 aliphatic carbocycles. The summed E-state index contributed by atoms with van der Waals surface area (Å²) in [5.74, 6) is -0.160. The van der Waals surface area contributed by atoms with E-state index in [1.165, 1.54) is 0 Å². The van der Waals surface area contributed by atoms with Gasteiger partial charge in [0.05, 0.1) is 0 Å². The molecule has 0 spiro atoms. The van der Waals surface area contributed by atoms with Crippen molar-refractivity contribution in [2.45, 2.75) is 34.1 Å². The molecule has 1 aliphatic rings. The minimum Gasteiger partial charge on any atom is -0.550 e. The van der Waals surface area contributed by atoms with Gasteiger partial charge < -0.3 is 9.90 Å². The van der Waals surface area contributed by atoms with E-state index >= 15 is 0 Å². The summed E-state index contributed by atoms with van der Waals surface area (Å²) in [6.07, 6.45) is 1.01. The summed E-state index contributed by atoms with van der Waals surface area (Å²) < 4.78 is 0. The molecule has 0 radical (unpaired) electrons. The fourth-order valence-corrected chi connectivity index (χ4v) is 2.16. The molecule has 2 atom stereocenters. The molecule has 0 N–H and O–H groups in total. The smallest absolute Gasteiger partial charge is 0.550 e.